The molecule has 0 aliphatic carbocycles. The van der Waals surface area contributed by atoms with E-state index < -0.39 is 6.10 Å². The number of nitrogens with zero attached hydrogens (tertiary/aromatic N) is 3. The quantitative estimate of drug-likeness (QED) is 0.819. The molecule has 0 fully saturated rings. The van der Waals surface area contributed by atoms with Crippen molar-refractivity contribution in [3.8, 4) is 0 Å². The van der Waals surface area contributed by atoms with Crippen molar-refractivity contribution in [2.45, 2.75) is 45.6 Å². The molecule has 0 bridgehead atoms. The van der Waals surface area contributed by atoms with Crippen LogP contribution in [0.5, 0.6) is 0 Å². The third-order valence-corrected chi connectivity index (χ3v) is 2.52. The van der Waals surface area contributed by atoms with E-state index in [4.69, 9.17) is 4.52 Å². The highest BCUT2D eigenvalue weighted by Crippen LogP contribution is 2.11. The molecule has 1 N–H and O–H groups in total. The van der Waals surface area contributed by atoms with Crippen LogP contribution in [-0.2, 0) is 11.2 Å². The summed E-state index contributed by atoms with van der Waals surface area (Å²) in [5, 5.41) is 13.0. The zero-order chi connectivity index (χ0) is 13.7. The number of aliphatic hydroxyl groups excluding tert-OH is 1. The van der Waals surface area contributed by atoms with Gasteiger partial charge >= 0.3 is 0 Å². The van der Waals surface area contributed by atoms with Gasteiger partial charge in [-0.25, -0.2) is 0 Å². The summed E-state index contributed by atoms with van der Waals surface area (Å²) in [4.78, 5) is 17.4. The molecule has 0 radical (unpaired) electrons. The van der Waals surface area contributed by atoms with Crippen LogP contribution in [0.4, 0.5) is 0 Å². The number of amides is 1. The van der Waals surface area contributed by atoms with E-state index in [1.807, 2.05) is 13.8 Å². The van der Waals surface area contributed by atoms with Crippen LogP contribution in [0.3, 0.4) is 0 Å². The Bertz CT molecular complexity index is 388. The van der Waals surface area contributed by atoms with Gasteiger partial charge in [0.2, 0.25) is 11.8 Å². The van der Waals surface area contributed by atoms with Gasteiger partial charge in [-0.1, -0.05) is 19.0 Å². The number of hydrogen-bond donors (Lipinski definition) is 1. The van der Waals surface area contributed by atoms with E-state index >= 15 is 0 Å². The molecule has 0 aromatic carbocycles. The molecule has 6 nitrogen and oxygen atoms in total. The Balaban J connectivity index is 2.42. The number of aryl methyl sites for hydroxylation is 1. The van der Waals surface area contributed by atoms with Gasteiger partial charge in [0.15, 0.2) is 5.82 Å². The maximum Gasteiger partial charge on any atom is 0.227 e. The Morgan fingerprint density at radius 1 is 1.44 bits per heavy atom. The summed E-state index contributed by atoms with van der Waals surface area (Å²) in [7, 11) is 1.67. The van der Waals surface area contributed by atoms with Gasteiger partial charge in [-0.15, -0.1) is 0 Å². The van der Waals surface area contributed by atoms with Crippen LogP contribution in [0, 0.1) is 0 Å². The molecule has 1 amide bonds. The minimum absolute atomic E-state index is 0.0415. The fourth-order valence-corrected chi connectivity index (χ4v) is 1.51. The number of carbonyl (C=O) groups is 1. The highest BCUT2D eigenvalue weighted by Gasteiger charge is 2.14. The van der Waals surface area contributed by atoms with Gasteiger partial charge < -0.3 is 14.5 Å². The third-order valence-electron chi connectivity index (χ3n) is 2.52. The topological polar surface area (TPSA) is 79.5 Å². The van der Waals surface area contributed by atoms with Crippen molar-refractivity contribution in [3.63, 3.8) is 0 Å². The second-order valence-electron chi connectivity index (χ2n) is 4.82. The van der Waals surface area contributed by atoms with Crippen molar-refractivity contribution in [1.82, 2.24) is 15.0 Å². The predicted molar refractivity (Wildman–Crippen MR) is 66.0 cm³/mol. The Morgan fingerprint density at radius 3 is 2.61 bits per heavy atom. The molecule has 102 valence electrons. The number of likely N-dealkylation sites (N-methyl/N-ethyl adjacent to an activating group) is 1. The Kier molecular flexibility index (Phi) is 5.27. The number of aromatic nitrogens is 2. The SMILES string of the molecule is CC(O)CN(C)C(=O)CCc1nc(C(C)C)no1. The zero-order valence-corrected chi connectivity index (χ0v) is 11.4. The van der Waals surface area contributed by atoms with Gasteiger partial charge in [-0.05, 0) is 6.92 Å². The van der Waals surface area contributed by atoms with E-state index in [1.165, 1.54) is 4.90 Å². The van der Waals surface area contributed by atoms with E-state index in [2.05, 4.69) is 10.1 Å². The van der Waals surface area contributed by atoms with Crippen molar-refractivity contribution in [2.75, 3.05) is 13.6 Å². The standard InChI is InChI=1S/C12H21N3O3/c1-8(2)12-13-10(18-14-12)5-6-11(17)15(4)7-9(3)16/h8-9,16H,5-7H2,1-4H3. The molecular formula is C12H21N3O3. The maximum absolute atomic E-state index is 11.7. The summed E-state index contributed by atoms with van der Waals surface area (Å²) in [6.45, 7) is 5.95. The second kappa shape index (κ2) is 6.49. The van der Waals surface area contributed by atoms with Crippen LogP contribution < -0.4 is 0 Å². The first-order chi connectivity index (χ1) is 8.40. The van der Waals surface area contributed by atoms with E-state index in [-0.39, 0.29) is 11.8 Å². The first-order valence-corrected chi connectivity index (χ1v) is 6.14. The summed E-state index contributed by atoms with van der Waals surface area (Å²) >= 11 is 0. The smallest absolute Gasteiger partial charge is 0.227 e. The third kappa shape index (κ3) is 4.44. The van der Waals surface area contributed by atoms with Gasteiger partial charge in [0, 0.05) is 32.4 Å². The van der Waals surface area contributed by atoms with Gasteiger partial charge in [-0.2, -0.15) is 4.98 Å². The molecular weight excluding hydrogens is 234 g/mol. The van der Waals surface area contributed by atoms with Gasteiger partial charge in [-0.3, -0.25) is 4.79 Å². The maximum atomic E-state index is 11.7. The minimum Gasteiger partial charge on any atom is -0.392 e. The van der Waals surface area contributed by atoms with Crippen molar-refractivity contribution >= 4 is 5.91 Å². The summed E-state index contributed by atoms with van der Waals surface area (Å²) in [5.41, 5.74) is 0. The Hall–Kier alpha value is -1.43. The van der Waals surface area contributed by atoms with Gasteiger partial charge in [0.1, 0.15) is 0 Å². The predicted octanol–water partition coefficient (Wildman–Crippen LogP) is 0.965. The number of aliphatic hydroxyl groups is 1. The van der Waals surface area contributed by atoms with E-state index in [0.717, 1.165) is 0 Å². The lowest BCUT2D eigenvalue weighted by molar-refractivity contribution is -0.131. The van der Waals surface area contributed by atoms with E-state index in [0.29, 0.717) is 31.1 Å². The monoisotopic (exact) mass is 255 g/mol. The van der Waals surface area contributed by atoms with Crippen LogP contribution in [-0.4, -0.2) is 45.8 Å². The summed E-state index contributed by atoms with van der Waals surface area (Å²) < 4.78 is 5.06. The normalized spacial score (nSPS) is 12.8. The zero-order valence-electron chi connectivity index (χ0n) is 11.4. The number of rotatable bonds is 6. The van der Waals surface area contributed by atoms with Crippen molar-refractivity contribution < 1.29 is 14.4 Å². The lowest BCUT2D eigenvalue weighted by atomic mass is 10.2. The highest BCUT2D eigenvalue weighted by molar-refractivity contribution is 5.76. The lowest BCUT2D eigenvalue weighted by Gasteiger charge is -2.18. The van der Waals surface area contributed by atoms with Crippen LogP contribution in [0.15, 0.2) is 4.52 Å². The Labute approximate surface area is 107 Å². The molecule has 0 spiro atoms. The molecule has 0 aliphatic rings. The molecule has 1 aromatic rings. The molecule has 1 rings (SSSR count). The molecule has 18 heavy (non-hydrogen) atoms. The molecule has 0 aliphatic heterocycles. The molecule has 1 aromatic heterocycles. The molecule has 6 heteroatoms. The number of carbonyl (C=O) groups excluding carboxylic acids is 1. The fraction of sp³-hybridized carbons (Fsp3) is 0.750. The largest absolute Gasteiger partial charge is 0.392 e. The molecule has 0 saturated heterocycles. The molecule has 0 saturated carbocycles. The van der Waals surface area contributed by atoms with E-state index in [9.17, 15) is 9.90 Å². The lowest BCUT2D eigenvalue weighted by Crippen LogP contribution is -2.33. The van der Waals surface area contributed by atoms with Crippen LogP contribution in [0.25, 0.3) is 0 Å². The highest BCUT2D eigenvalue weighted by atomic mass is 16.5. The van der Waals surface area contributed by atoms with Crippen molar-refractivity contribution in [2.24, 2.45) is 0 Å². The summed E-state index contributed by atoms with van der Waals surface area (Å²) in [6.07, 6.45) is 0.223. The van der Waals surface area contributed by atoms with Crippen molar-refractivity contribution in [1.29, 1.82) is 0 Å². The van der Waals surface area contributed by atoms with Gasteiger partial charge in [0.05, 0.1) is 6.10 Å². The first-order valence-electron chi connectivity index (χ1n) is 6.14. The number of hydrogen-bond acceptors (Lipinski definition) is 5. The molecule has 1 atom stereocenters. The minimum atomic E-state index is -0.519. The summed E-state index contributed by atoms with van der Waals surface area (Å²) in [5.74, 6) is 1.32. The summed E-state index contributed by atoms with van der Waals surface area (Å²) in [6, 6.07) is 0. The van der Waals surface area contributed by atoms with Crippen molar-refractivity contribution in [3.05, 3.63) is 11.7 Å². The average molecular weight is 255 g/mol. The molecule has 1 heterocycles. The Morgan fingerprint density at radius 2 is 2.11 bits per heavy atom. The first kappa shape index (κ1) is 14.6. The fourth-order valence-electron chi connectivity index (χ4n) is 1.51. The second-order valence-corrected chi connectivity index (χ2v) is 4.82. The molecule has 1 unspecified atom stereocenters. The van der Waals surface area contributed by atoms with Crippen LogP contribution in [0.2, 0.25) is 0 Å². The van der Waals surface area contributed by atoms with E-state index in [1.54, 1.807) is 14.0 Å². The van der Waals surface area contributed by atoms with Gasteiger partial charge in [0.25, 0.3) is 0 Å². The van der Waals surface area contributed by atoms with Crippen LogP contribution in [0.1, 0.15) is 44.8 Å². The van der Waals surface area contributed by atoms with Crippen LogP contribution >= 0.6 is 0 Å². The average Bonchev–Trinajstić information content (AvgIpc) is 2.73.